The first-order valence-electron chi connectivity index (χ1n) is 14.8. The van der Waals surface area contributed by atoms with E-state index in [1.165, 1.54) is 154 Å². The van der Waals surface area contributed by atoms with Gasteiger partial charge in [-0.2, -0.15) is 0 Å². The van der Waals surface area contributed by atoms with Crippen molar-refractivity contribution < 1.29 is 0 Å². The molecule has 0 aromatic heterocycles. The molecule has 0 aliphatic heterocycles. The van der Waals surface area contributed by atoms with Crippen LogP contribution in [0.3, 0.4) is 0 Å². The Morgan fingerprint density at radius 2 is 0.600 bits per heavy atom. The molecule has 0 amide bonds. The molecule has 0 N–H and O–H groups in total. The molecule has 0 rings (SSSR count). The van der Waals surface area contributed by atoms with Crippen LogP contribution in [0.4, 0.5) is 0 Å². The predicted octanol–water partition coefficient (Wildman–Crippen LogP) is 11.7. The molecule has 0 heteroatoms. The molecule has 0 saturated carbocycles. The second-order valence-corrected chi connectivity index (χ2v) is 10.3. The van der Waals surface area contributed by atoms with Gasteiger partial charge in [-0.3, -0.25) is 0 Å². The number of rotatable bonds is 25. The van der Waals surface area contributed by atoms with Gasteiger partial charge < -0.3 is 0 Å². The van der Waals surface area contributed by atoms with E-state index in [0.717, 1.165) is 11.8 Å². The normalized spacial score (nSPS) is 12.7. The summed E-state index contributed by atoms with van der Waals surface area (Å²) in [7, 11) is 0. The van der Waals surface area contributed by atoms with Gasteiger partial charge in [0.2, 0.25) is 0 Å². The van der Waals surface area contributed by atoms with Crippen LogP contribution in [0.15, 0.2) is 0 Å². The lowest BCUT2D eigenvalue weighted by Crippen LogP contribution is -2.15. The molecule has 0 aliphatic carbocycles. The predicted molar refractivity (Wildman–Crippen MR) is 140 cm³/mol. The summed E-state index contributed by atoms with van der Waals surface area (Å²) >= 11 is 0. The van der Waals surface area contributed by atoms with E-state index in [9.17, 15) is 0 Å². The first-order valence-corrected chi connectivity index (χ1v) is 14.8. The standard InChI is InChI=1S/C30H62/c1-5-9-12-14-16-18-20-22-24-27-30(29(8-4)26-11-7-3)28-25-23-21-19-17-15-13-10-6-2/h29-30H,5-28H2,1-4H3. The molecule has 0 aromatic carbocycles. The summed E-state index contributed by atoms with van der Waals surface area (Å²) in [6.45, 7) is 9.45. The smallest absolute Gasteiger partial charge is 0.0386 e. The van der Waals surface area contributed by atoms with Crippen molar-refractivity contribution in [3.8, 4) is 0 Å². The molecule has 1 atom stereocenters. The first kappa shape index (κ1) is 30.0. The summed E-state index contributed by atoms with van der Waals surface area (Å²) in [6, 6.07) is 0. The van der Waals surface area contributed by atoms with Gasteiger partial charge in [-0.1, -0.05) is 182 Å². The molecule has 0 bridgehead atoms. The Morgan fingerprint density at radius 3 is 0.933 bits per heavy atom. The van der Waals surface area contributed by atoms with Crippen LogP contribution in [0.1, 0.15) is 182 Å². The maximum absolute atomic E-state index is 2.46. The Bertz CT molecular complexity index is 272. The van der Waals surface area contributed by atoms with Gasteiger partial charge in [0, 0.05) is 0 Å². The Balaban J connectivity index is 3.97. The van der Waals surface area contributed by atoms with Crippen LogP contribution in [-0.4, -0.2) is 0 Å². The molecule has 182 valence electrons. The molecular formula is C30H62. The fraction of sp³-hybridized carbons (Fsp3) is 1.00. The van der Waals surface area contributed by atoms with E-state index < -0.39 is 0 Å². The number of unbranched alkanes of at least 4 members (excludes halogenated alkanes) is 17. The average Bonchev–Trinajstić information content (AvgIpc) is 2.76. The zero-order chi connectivity index (χ0) is 22.1. The lowest BCUT2D eigenvalue weighted by molar-refractivity contribution is 0.250. The molecule has 0 heterocycles. The van der Waals surface area contributed by atoms with Gasteiger partial charge >= 0.3 is 0 Å². The molecule has 0 fully saturated rings. The zero-order valence-corrected chi connectivity index (χ0v) is 22.1. The van der Waals surface area contributed by atoms with Crippen molar-refractivity contribution in [2.24, 2.45) is 11.8 Å². The Morgan fingerprint density at radius 1 is 0.300 bits per heavy atom. The van der Waals surface area contributed by atoms with E-state index in [1.807, 2.05) is 0 Å². The molecule has 0 spiro atoms. The van der Waals surface area contributed by atoms with Crippen LogP contribution in [0.25, 0.3) is 0 Å². The van der Waals surface area contributed by atoms with E-state index in [-0.39, 0.29) is 0 Å². The van der Waals surface area contributed by atoms with E-state index in [2.05, 4.69) is 27.7 Å². The summed E-state index contributed by atoms with van der Waals surface area (Å²) in [4.78, 5) is 0. The highest BCUT2D eigenvalue weighted by atomic mass is 14.2. The highest BCUT2D eigenvalue weighted by Gasteiger charge is 2.18. The van der Waals surface area contributed by atoms with Gasteiger partial charge in [-0.25, -0.2) is 0 Å². The van der Waals surface area contributed by atoms with Crippen molar-refractivity contribution in [1.29, 1.82) is 0 Å². The molecule has 0 nitrogen and oxygen atoms in total. The number of hydrogen-bond acceptors (Lipinski definition) is 0. The molecule has 0 aromatic rings. The average molecular weight is 423 g/mol. The molecule has 30 heavy (non-hydrogen) atoms. The fourth-order valence-electron chi connectivity index (χ4n) is 5.29. The summed E-state index contributed by atoms with van der Waals surface area (Å²) in [5.41, 5.74) is 0. The van der Waals surface area contributed by atoms with E-state index in [0.29, 0.717) is 0 Å². The second-order valence-electron chi connectivity index (χ2n) is 10.3. The summed E-state index contributed by atoms with van der Waals surface area (Å²) in [5.74, 6) is 2.03. The van der Waals surface area contributed by atoms with Crippen molar-refractivity contribution in [3.63, 3.8) is 0 Å². The van der Waals surface area contributed by atoms with Gasteiger partial charge in [0.25, 0.3) is 0 Å². The lowest BCUT2D eigenvalue weighted by Gasteiger charge is -2.27. The fourth-order valence-corrected chi connectivity index (χ4v) is 5.29. The monoisotopic (exact) mass is 422 g/mol. The summed E-state index contributed by atoms with van der Waals surface area (Å²) in [5, 5.41) is 0. The Hall–Kier alpha value is 0. The minimum atomic E-state index is 1.01. The van der Waals surface area contributed by atoms with Crippen LogP contribution in [0.5, 0.6) is 0 Å². The third kappa shape index (κ3) is 19.9. The van der Waals surface area contributed by atoms with Crippen LogP contribution >= 0.6 is 0 Å². The van der Waals surface area contributed by atoms with Crippen molar-refractivity contribution >= 4 is 0 Å². The Labute approximate surface area is 193 Å². The van der Waals surface area contributed by atoms with Crippen molar-refractivity contribution in [2.75, 3.05) is 0 Å². The largest absolute Gasteiger partial charge is 0.0654 e. The first-order chi connectivity index (χ1) is 14.8. The van der Waals surface area contributed by atoms with Crippen molar-refractivity contribution in [3.05, 3.63) is 0 Å². The van der Waals surface area contributed by atoms with Crippen LogP contribution < -0.4 is 0 Å². The number of hydrogen-bond donors (Lipinski definition) is 0. The molecule has 1 unspecified atom stereocenters. The summed E-state index contributed by atoms with van der Waals surface area (Å²) < 4.78 is 0. The third-order valence-corrected chi connectivity index (χ3v) is 7.48. The van der Waals surface area contributed by atoms with Gasteiger partial charge in [-0.05, 0) is 11.8 Å². The minimum Gasteiger partial charge on any atom is -0.0654 e. The van der Waals surface area contributed by atoms with E-state index >= 15 is 0 Å². The second kappa shape index (κ2) is 25.3. The van der Waals surface area contributed by atoms with E-state index in [1.54, 1.807) is 0 Å². The highest BCUT2D eigenvalue weighted by Crippen LogP contribution is 2.31. The van der Waals surface area contributed by atoms with Gasteiger partial charge in [-0.15, -0.1) is 0 Å². The van der Waals surface area contributed by atoms with Crippen molar-refractivity contribution in [2.45, 2.75) is 182 Å². The van der Waals surface area contributed by atoms with Crippen LogP contribution in [-0.2, 0) is 0 Å². The third-order valence-electron chi connectivity index (χ3n) is 7.48. The maximum Gasteiger partial charge on any atom is -0.0386 e. The maximum atomic E-state index is 2.46. The molecule has 0 radical (unpaired) electrons. The van der Waals surface area contributed by atoms with Gasteiger partial charge in [0.1, 0.15) is 0 Å². The van der Waals surface area contributed by atoms with Crippen LogP contribution in [0.2, 0.25) is 0 Å². The topological polar surface area (TPSA) is 0 Å². The SMILES string of the molecule is CCCCCCCCCCCC(CCCCCCCCCCC)C(CC)CCCC. The van der Waals surface area contributed by atoms with Gasteiger partial charge in [0.05, 0.1) is 0 Å². The zero-order valence-electron chi connectivity index (χ0n) is 22.1. The minimum absolute atomic E-state index is 1.01. The molecule has 0 saturated heterocycles. The van der Waals surface area contributed by atoms with Crippen molar-refractivity contribution in [1.82, 2.24) is 0 Å². The van der Waals surface area contributed by atoms with Gasteiger partial charge in [0.15, 0.2) is 0 Å². The quantitative estimate of drug-likeness (QED) is 0.128. The van der Waals surface area contributed by atoms with Crippen LogP contribution in [0, 0.1) is 11.8 Å². The lowest BCUT2D eigenvalue weighted by atomic mass is 9.79. The Kier molecular flexibility index (Phi) is 25.3. The van der Waals surface area contributed by atoms with E-state index in [4.69, 9.17) is 0 Å². The molecule has 0 aliphatic rings. The molecular weight excluding hydrogens is 360 g/mol. The summed E-state index contributed by atoms with van der Waals surface area (Å²) in [6.07, 6.45) is 35.2. The highest BCUT2D eigenvalue weighted by molar-refractivity contribution is 4.70.